The number of hydrogen-bond donors (Lipinski definition) is 1. The second-order valence-corrected chi connectivity index (χ2v) is 13.3. The Morgan fingerprint density at radius 2 is 1.04 bits per heavy atom. The van der Waals surface area contributed by atoms with E-state index in [-0.39, 0.29) is 26.1 Å². The Hall–Kier alpha value is -2.25. The number of phosphoric acid groups is 1. The lowest BCUT2D eigenvalue weighted by molar-refractivity contribution is -0.160. The van der Waals surface area contributed by atoms with E-state index in [1.807, 2.05) is 12.2 Å². The molecule has 0 aliphatic carbocycles. The van der Waals surface area contributed by atoms with E-state index in [9.17, 15) is 19.0 Å². The highest BCUT2D eigenvalue weighted by Gasteiger charge is 2.25. The Labute approximate surface area is 292 Å². The van der Waals surface area contributed by atoms with E-state index in [1.165, 1.54) is 64.2 Å². The minimum absolute atomic E-state index is 0.0131. The van der Waals surface area contributed by atoms with Crippen molar-refractivity contribution in [2.24, 2.45) is 0 Å². The van der Waals surface area contributed by atoms with Crippen LogP contribution < -0.4 is 0 Å². The molecule has 0 saturated heterocycles. The van der Waals surface area contributed by atoms with Crippen LogP contribution >= 0.6 is 7.82 Å². The Balaban J connectivity index is 4.32. The van der Waals surface area contributed by atoms with E-state index in [0.29, 0.717) is 6.42 Å². The third-order valence-electron chi connectivity index (χ3n) is 7.37. The zero-order chi connectivity index (χ0) is 35.4. The van der Waals surface area contributed by atoms with Crippen LogP contribution in [0.4, 0.5) is 0 Å². The van der Waals surface area contributed by atoms with Crippen molar-refractivity contribution in [3.8, 4) is 0 Å². The lowest BCUT2D eigenvalue weighted by atomic mass is 10.0. The molecule has 276 valence electrons. The molecule has 9 heteroatoms. The summed E-state index contributed by atoms with van der Waals surface area (Å²) in [7, 11) is -4.30. The molecule has 1 N–H and O–H groups in total. The second kappa shape index (κ2) is 34.6. The van der Waals surface area contributed by atoms with Crippen LogP contribution in [0.1, 0.15) is 149 Å². The minimum atomic E-state index is -4.30. The number of carbonyl (C=O) groups excluding carboxylic acids is 2. The summed E-state index contributed by atoms with van der Waals surface area (Å²) >= 11 is 0. The van der Waals surface area contributed by atoms with Crippen molar-refractivity contribution in [3.05, 3.63) is 60.8 Å². The lowest BCUT2D eigenvalue weighted by Crippen LogP contribution is -2.29. The van der Waals surface area contributed by atoms with Gasteiger partial charge in [-0.2, -0.15) is 0 Å². The zero-order valence-corrected chi connectivity index (χ0v) is 31.3. The van der Waals surface area contributed by atoms with Crippen LogP contribution in [0.5, 0.6) is 0 Å². The van der Waals surface area contributed by atoms with Crippen molar-refractivity contribution < 1.29 is 37.6 Å². The van der Waals surface area contributed by atoms with Gasteiger partial charge in [-0.15, -0.1) is 0 Å². The molecule has 0 fully saturated rings. The molecule has 0 aromatic rings. The molecule has 0 amide bonds. The van der Waals surface area contributed by atoms with Gasteiger partial charge >= 0.3 is 19.8 Å². The molecule has 0 spiro atoms. The largest absolute Gasteiger partial charge is 0.472 e. The van der Waals surface area contributed by atoms with Gasteiger partial charge in [0.15, 0.2) is 6.10 Å². The molecule has 48 heavy (non-hydrogen) atoms. The molecule has 0 heterocycles. The number of hydrogen-bond acceptors (Lipinski definition) is 7. The highest BCUT2D eigenvalue weighted by molar-refractivity contribution is 7.47. The summed E-state index contributed by atoms with van der Waals surface area (Å²) in [5, 5.41) is 0. The van der Waals surface area contributed by atoms with Crippen LogP contribution in [0.3, 0.4) is 0 Å². The van der Waals surface area contributed by atoms with E-state index in [0.717, 1.165) is 44.9 Å². The number of unbranched alkanes of at least 4 members (excludes halogenated alkanes) is 12. The quantitative estimate of drug-likeness (QED) is 0.0313. The monoisotopic (exact) mass is 694 g/mol. The van der Waals surface area contributed by atoms with Crippen LogP contribution in [0, 0.1) is 0 Å². The molecule has 2 unspecified atom stereocenters. The van der Waals surface area contributed by atoms with Crippen LogP contribution in [0.2, 0.25) is 0 Å². The standard InChI is InChI=1S/C39H67O8P/c1-4-7-9-11-13-15-17-19-20-22-24-26-28-30-32-34-39(41)47-37(36-46-48(42,43)45-6-3)35-44-38(40)33-31-29-27-25-23-21-18-16-14-12-10-8-5-2/h7,9,13,15,19-20,24,26,30,32,37H,4-6,8,10-12,14,16-18,21-23,25,27-29,31,33-36H2,1-3H3,(H,42,43)/b9-7-,15-13-,20-19-,26-24-,32-30-. The fourth-order valence-corrected chi connectivity index (χ4v) is 5.46. The SMILES string of the molecule is CC/C=C\C/C=C\C/C=C\C/C=C\C/C=C\CC(=O)OC(COC(=O)CCCCCCCCCCCCCCC)COP(=O)(O)OCC. The fraction of sp³-hybridized carbons (Fsp3) is 0.692. The molecule has 0 aromatic heterocycles. The maximum atomic E-state index is 12.4. The molecule has 8 nitrogen and oxygen atoms in total. The smallest absolute Gasteiger partial charge is 0.462 e. The first kappa shape index (κ1) is 45.8. The van der Waals surface area contributed by atoms with Crippen molar-refractivity contribution in [2.75, 3.05) is 19.8 Å². The molecular formula is C39H67O8P. The average Bonchev–Trinajstić information content (AvgIpc) is 3.06. The van der Waals surface area contributed by atoms with Gasteiger partial charge < -0.3 is 14.4 Å². The van der Waals surface area contributed by atoms with Gasteiger partial charge in [-0.1, -0.05) is 152 Å². The van der Waals surface area contributed by atoms with Crippen LogP contribution in [0.25, 0.3) is 0 Å². The average molecular weight is 695 g/mol. The van der Waals surface area contributed by atoms with Gasteiger partial charge in [0.05, 0.1) is 19.6 Å². The summed E-state index contributed by atoms with van der Waals surface area (Å²) in [6, 6.07) is 0. The Bertz CT molecular complexity index is 969. The van der Waals surface area contributed by atoms with Gasteiger partial charge in [-0.3, -0.25) is 18.6 Å². The summed E-state index contributed by atoms with van der Waals surface area (Å²) in [4.78, 5) is 34.5. The van der Waals surface area contributed by atoms with E-state index in [4.69, 9.17) is 18.5 Å². The number of esters is 2. The lowest BCUT2D eigenvalue weighted by Gasteiger charge is -2.19. The number of ether oxygens (including phenoxy) is 2. The van der Waals surface area contributed by atoms with Crippen molar-refractivity contribution in [1.29, 1.82) is 0 Å². The maximum Gasteiger partial charge on any atom is 0.472 e. The van der Waals surface area contributed by atoms with Crippen molar-refractivity contribution in [3.63, 3.8) is 0 Å². The van der Waals surface area contributed by atoms with E-state index < -0.39 is 32.5 Å². The molecule has 0 bridgehead atoms. The molecule has 0 saturated carbocycles. The summed E-state index contributed by atoms with van der Waals surface area (Å²) < 4.78 is 32.4. The molecule has 0 rings (SSSR count). The second-order valence-electron chi connectivity index (χ2n) is 11.9. The van der Waals surface area contributed by atoms with Gasteiger partial charge in [0.1, 0.15) is 6.61 Å². The molecule has 0 aliphatic rings. The van der Waals surface area contributed by atoms with Gasteiger partial charge in [-0.25, -0.2) is 4.57 Å². The predicted molar refractivity (Wildman–Crippen MR) is 198 cm³/mol. The van der Waals surface area contributed by atoms with E-state index in [2.05, 4.69) is 56.4 Å². The summed E-state index contributed by atoms with van der Waals surface area (Å²) in [5.74, 6) is -0.948. The number of phosphoric ester groups is 1. The topological polar surface area (TPSA) is 108 Å². The molecule has 0 radical (unpaired) electrons. The summed E-state index contributed by atoms with van der Waals surface area (Å²) in [5.41, 5.74) is 0. The Kier molecular flexibility index (Phi) is 33.0. The predicted octanol–water partition coefficient (Wildman–Crippen LogP) is 11.2. The van der Waals surface area contributed by atoms with Crippen molar-refractivity contribution in [1.82, 2.24) is 0 Å². The third-order valence-corrected chi connectivity index (χ3v) is 8.43. The fourth-order valence-electron chi connectivity index (χ4n) is 4.70. The highest BCUT2D eigenvalue weighted by Crippen LogP contribution is 2.43. The number of allylic oxidation sites excluding steroid dienone is 9. The highest BCUT2D eigenvalue weighted by atomic mass is 31.2. The minimum Gasteiger partial charge on any atom is -0.462 e. The summed E-state index contributed by atoms with van der Waals surface area (Å²) in [6.07, 6.45) is 40.2. The van der Waals surface area contributed by atoms with Crippen LogP contribution in [-0.4, -0.2) is 42.8 Å². The molecule has 0 aliphatic heterocycles. The first-order valence-corrected chi connectivity index (χ1v) is 20.1. The van der Waals surface area contributed by atoms with Gasteiger partial charge in [0.2, 0.25) is 0 Å². The van der Waals surface area contributed by atoms with Crippen LogP contribution in [-0.2, 0) is 32.7 Å². The first-order valence-electron chi connectivity index (χ1n) is 18.6. The maximum absolute atomic E-state index is 12.4. The van der Waals surface area contributed by atoms with E-state index >= 15 is 0 Å². The van der Waals surface area contributed by atoms with Gasteiger partial charge in [0.25, 0.3) is 0 Å². The molecule has 0 aromatic carbocycles. The summed E-state index contributed by atoms with van der Waals surface area (Å²) in [6.45, 7) is 5.22. The number of carbonyl (C=O) groups is 2. The van der Waals surface area contributed by atoms with Crippen molar-refractivity contribution in [2.45, 2.75) is 155 Å². The first-order chi connectivity index (χ1) is 23.3. The van der Waals surface area contributed by atoms with Gasteiger partial charge in [0, 0.05) is 6.42 Å². The zero-order valence-electron chi connectivity index (χ0n) is 30.4. The van der Waals surface area contributed by atoms with Crippen LogP contribution in [0.15, 0.2) is 60.8 Å². The number of rotatable bonds is 33. The molecule has 2 atom stereocenters. The normalized spacial score (nSPS) is 14.2. The Morgan fingerprint density at radius 1 is 0.583 bits per heavy atom. The van der Waals surface area contributed by atoms with Gasteiger partial charge in [-0.05, 0) is 45.4 Å². The third kappa shape index (κ3) is 33.6. The van der Waals surface area contributed by atoms with Crippen molar-refractivity contribution >= 4 is 19.8 Å². The Morgan fingerprint density at radius 3 is 1.52 bits per heavy atom. The van der Waals surface area contributed by atoms with E-state index in [1.54, 1.807) is 13.0 Å². The molecular weight excluding hydrogens is 627 g/mol.